The van der Waals surface area contributed by atoms with Crippen LogP contribution in [0.1, 0.15) is 70.5 Å². The Morgan fingerprint density at radius 1 is 1.12 bits per heavy atom. The van der Waals surface area contributed by atoms with Gasteiger partial charge >= 0.3 is 0 Å². The van der Waals surface area contributed by atoms with Crippen LogP contribution >= 0.6 is 0 Å². The van der Waals surface area contributed by atoms with Crippen molar-refractivity contribution in [1.29, 1.82) is 5.26 Å². The van der Waals surface area contributed by atoms with Crippen LogP contribution in [-0.4, -0.2) is 70.2 Å². The summed E-state index contributed by atoms with van der Waals surface area (Å²) in [6.07, 6.45) is 2.02. The molecule has 3 aliphatic rings. The van der Waals surface area contributed by atoms with E-state index in [4.69, 9.17) is 0 Å². The van der Waals surface area contributed by atoms with Crippen LogP contribution < -0.4 is 5.32 Å². The van der Waals surface area contributed by atoms with Crippen LogP contribution in [0.5, 0.6) is 0 Å². The average molecular weight is 574 g/mol. The van der Waals surface area contributed by atoms with E-state index < -0.39 is 23.5 Å². The van der Waals surface area contributed by atoms with Crippen molar-refractivity contribution in [3.8, 4) is 6.07 Å². The first-order valence-corrected chi connectivity index (χ1v) is 14.9. The predicted molar refractivity (Wildman–Crippen MR) is 158 cm³/mol. The number of hydrogen-bond acceptors (Lipinski definition) is 5. The van der Waals surface area contributed by atoms with Gasteiger partial charge in [0.2, 0.25) is 17.7 Å². The van der Waals surface area contributed by atoms with Crippen LogP contribution in [0, 0.1) is 23.1 Å². The van der Waals surface area contributed by atoms with E-state index in [1.165, 1.54) is 17.0 Å². The monoisotopic (exact) mass is 573 g/mol. The molecular formula is C33H40FN5O3. The van der Waals surface area contributed by atoms with Crippen LogP contribution in [-0.2, 0) is 19.8 Å². The van der Waals surface area contributed by atoms with Gasteiger partial charge in [0.15, 0.2) is 0 Å². The molecule has 42 heavy (non-hydrogen) atoms. The third-order valence-electron chi connectivity index (χ3n) is 9.28. The molecular weight excluding hydrogens is 533 g/mol. The minimum atomic E-state index is -0.986. The molecule has 3 heterocycles. The van der Waals surface area contributed by atoms with Crippen molar-refractivity contribution < 1.29 is 18.8 Å². The summed E-state index contributed by atoms with van der Waals surface area (Å²) in [6.45, 7) is 8.20. The predicted octanol–water partition coefficient (Wildman–Crippen LogP) is 4.63. The molecule has 2 aromatic rings. The molecule has 3 aliphatic heterocycles. The van der Waals surface area contributed by atoms with Gasteiger partial charge < -0.3 is 15.1 Å². The fraction of sp³-hybridized carbons (Fsp3) is 0.515. The van der Waals surface area contributed by atoms with E-state index in [2.05, 4.69) is 16.3 Å². The van der Waals surface area contributed by atoms with E-state index in [-0.39, 0.29) is 54.5 Å². The van der Waals surface area contributed by atoms with Gasteiger partial charge in [-0.1, -0.05) is 44.2 Å². The van der Waals surface area contributed by atoms with Crippen LogP contribution in [0.25, 0.3) is 0 Å². The lowest BCUT2D eigenvalue weighted by atomic mass is 9.80. The molecule has 0 bridgehead atoms. The van der Waals surface area contributed by atoms with E-state index in [9.17, 15) is 24.0 Å². The SMILES string of the molecule is CC(C)C[C@@H](C(=O)N1C[C@]2(C[C@H]1C#N)C(=O)Nc1ccccc12)N(C)C(=O)[C@@H]1CC[C@@H](c2ccc(F)cc2)N1C(C)C. The number of nitriles is 1. The van der Waals surface area contributed by atoms with Gasteiger partial charge in [-0.2, -0.15) is 5.26 Å². The number of carbonyl (C=O) groups is 3. The highest BCUT2D eigenvalue weighted by molar-refractivity contribution is 6.07. The number of halogens is 1. The number of para-hydroxylation sites is 1. The molecule has 0 aromatic heterocycles. The minimum Gasteiger partial charge on any atom is -0.332 e. The fourth-order valence-electron chi connectivity index (χ4n) is 7.26. The lowest BCUT2D eigenvalue weighted by molar-refractivity contribution is -0.148. The second-order valence-electron chi connectivity index (χ2n) is 12.7. The first-order valence-electron chi connectivity index (χ1n) is 14.9. The van der Waals surface area contributed by atoms with Crippen molar-refractivity contribution in [3.63, 3.8) is 0 Å². The summed E-state index contributed by atoms with van der Waals surface area (Å²) < 4.78 is 13.6. The number of anilines is 1. The minimum absolute atomic E-state index is 0.0328. The topological polar surface area (TPSA) is 96.7 Å². The third-order valence-corrected chi connectivity index (χ3v) is 9.28. The highest BCUT2D eigenvalue weighted by atomic mass is 19.1. The molecule has 222 valence electrons. The van der Waals surface area contributed by atoms with Gasteiger partial charge in [0.05, 0.1) is 17.5 Å². The van der Waals surface area contributed by atoms with Gasteiger partial charge in [-0.3, -0.25) is 19.3 Å². The molecule has 5 atom stereocenters. The molecule has 2 fully saturated rings. The molecule has 1 spiro atoms. The number of carbonyl (C=O) groups excluding carboxylic acids is 3. The maximum absolute atomic E-state index is 14.3. The Labute approximate surface area is 247 Å². The zero-order valence-corrected chi connectivity index (χ0v) is 25.0. The Bertz CT molecular complexity index is 1400. The maximum Gasteiger partial charge on any atom is 0.246 e. The van der Waals surface area contributed by atoms with E-state index >= 15 is 0 Å². The number of amides is 3. The lowest BCUT2D eigenvalue weighted by Gasteiger charge is -2.38. The molecule has 1 N–H and O–H groups in total. The number of rotatable bonds is 7. The van der Waals surface area contributed by atoms with E-state index in [0.29, 0.717) is 18.5 Å². The lowest BCUT2D eigenvalue weighted by Crippen LogP contribution is -2.56. The van der Waals surface area contributed by atoms with Crippen molar-refractivity contribution >= 4 is 23.4 Å². The van der Waals surface area contributed by atoms with Gasteiger partial charge in [-0.25, -0.2) is 4.39 Å². The number of nitrogens with zero attached hydrogens (tertiary/aromatic N) is 4. The van der Waals surface area contributed by atoms with Gasteiger partial charge in [0, 0.05) is 37.8 Å². The maximum atomic E-state index is 14.3. The van der Waals surface area contributed by atoms with Gasteiger partial charge in [0.25, 0.3) is 0 Å². The van der Waals surface area contributed by atoms with Crippen molar-refractivity contribution in [2.45, 2.75) is 89.0 Å². The molecule has 0 aliphatic carbocycles. The molecule has 0 unspecified atom stereocenters. The molecule has 0 radical (unpaired) electrons. The number of likely N-dealkylation sites (tertiary alicyclic amines) is 2. The standard InChI is InChI=1S/C33H40FN5O3/c1-20(2)16-29(31(41)38-19-33(17-24(38)18-35)25-8-6-7-9-26(25)36-32(33)42)37(5)30(40)28-15-14-27(39(28)21(3)4)22-10-12-23(34)13-11-22/h6-13,20-21,24,27-29H,14-17,19H2,1-5H3,(H,36,42)/t24-,27-,28-,29-,33-/m0/s1. The summed E-state index contributed by atoms with van der Waals surface area (Å²) in [7, 11) is 1.68. The van der Waals surface area contributed by atoms with Gasteiger partial charge in [-0.05, 0) is 68.4 Å². The molecule has 0 saturated carbocycles. The smallest absolute Gasteiger partial charge is 0.246 e. The second kappa shape index (κ2) is 11.5. The number of nitrogens with one attached hydrogen (secondary N) is 1. The fourth-order valence-corrected chi connectivity index (χ4v) is 7.26. The molecule has 5 rings (SSSR count). The number of fused-ring (bicyclic) bond motifs is 2. The number of benzene rings is 2. The van der Waals surface area contributed by atoms with Crippen molar-refractivity contribution in [2.24, 2.45) is 5.92 Å². The largest absolute Gasteiger partial charge is 0.332 e. The highest BCUT2D eigenvalue weighted by Crippen LogP contribution is 2.46. The second-order valence-corrected chi connectivity index (χ2v) is 12.7. The van der Waals surface area contributed by atoms with Crippen molar-refractivity contribution in [2.75, 3.05) is 18.9 Å². The highest BCUT2D eigenvalue weighted by Gasteiger charge is 2.57. The average Bonchev–Trinajstić information content (AvgIpc) is 3.65. The summed E-state index contributed by atoms with van der Waals surface area (Å²) in [5, 5.41) is 13.0. The van der Waals surface area contributed by atoms with E-state index in [1.807, 2.05) is 52.0 Å². The van der Waals surface area contributed by atoms with Gasteiger partial charge in [0.1, 0.15) is 17.9 Å². The quantitative estimate of drug-likeness (QED) is 0.521. The Morgan fingerprint density at radius 2 is 1.81 bits per heavy atom. The number of hydrogen-bond donors (Lipinski definition) is 1. The first-order chi connectivity index (χ1) is 20.0. The third kappa shape index (κ3) is 5.06. The Kier molecular flexibility index (Phi) is 8.13. The van der Waals surface area contributed by atoms with Crippen LogP contribution in [0.15, 0.2) is 48.5 Å². The zero-order chi connectivity index (χ0) is 30.3. The van der Waals surface area contributed by atoms with Crippen LogP contribution in [0.4, 0.5) is 10.1 Å². The Hall–Kier alpha value is -3.77. The van der Waals surface area contributed by atoms with E-state index in [1.54, 1.807) is 24.1 Å². The molecule has 3 amide bonds. The van der Waals surface area contributed by atoms with E-state index in [0.717, 1.165) is 17.5 Å². The van der Waals surface area contributed by atoms with Crippen molar-refractivity contribution in [1.82, 2.24) is 14.7 Å². The number of likely N-dealkylation sites (N-methyl/N-ethyl adjacent to an activating group) is 1. The van der Waals surface area contributed by atoms with Crippen LogP contribution in [0.2, 0.25) is 0 Å². The summed E-state index contributed by atoms with van der Waals surface area (Å²) in [4.78, 5) is 47.0. The zero-order valence-electron chi connectivity index (χ0n) is 25.0. The summed E-state index contributed by atoms with van der Waals surface area (Å²) >= 11 is 0. The summed E-state index contributed by atoms with van der Waals surface area (Å²) in [5.41, 5.74) is 1.50. The summed E-state index contributed by atoms with van der Waals surface area (Å²) in [5.74, 6) is -0.829. The van der Waals surface area contributed by atoms with Gasteiger partial charge in [-0.15, -0.1) is 0 Å². The molecule has 2 saturated heterocycles. The Balaban J connectivity index is 1.41. The Morgan fingerprint density at radius 3 is 2.45 bits per heavy atom. The molecule has 9 heteroatoms. The first kappa shape index (κ1) is 29.7. The molecule has 2 aromatic carbocycles. The normalized spacial score (nSPS) is 26.0. The van der Waals surface area contributed by atoms with Crippen molar-refractivity contribution in [3.05, 3.63) is 65.5 Å². The summed E-state index contributed by atoms with van der Waals surface area (Å²) in [6, 6.07) is 14.2. The molecule has 8 nitrogen and oxygen atoms in total. The van der Waals surface area contributed by atoms with Crippen LogP contribution in [0.3, 0.4) is 0 Å².